The zero-order valence-corrected chi connectivity index (χ0v) is 17.4. The SMILES string of the molecule is Cc1ccc(-c2nc(CNCC(C)(C)N3CC(C)OC(C)C3)cs2)cc1. The maximum absolute atomic E-state index is 5.87. The molecule has 1 aliphatic heterocycles. The zero-order chi connectivity index (χ0) is 18.7. The molecule has 2 unspecified atom stereocenters. The molecule has 2 atom stereocenters. The van der Waals surface area contributed by atoms with E-state index in [-0.39, 0.29) is 5.54 Å². The lowest BCUT2D eigenvalue weighted by Gasteiger charge is -2.45. The smallest absolute Gasteiger partial charge is 0.123 e. The summed E-state index contributed by atoms with van der Waals surface area (Å²) in [4.78, 5) is 7.33. The number of thiazole rings is 1. The zero-order valence-electron chi connectivity index (χ0n) is 16.6. The summed E-state index contributed by atoms with van der Waals surface area (Å²) in [5, 5.41) is 6.86. The van der Waals surface area contributed by atoms with Gasteiger partial charge in [0.1, 0.15) is 5.01 Å². The highest BCUT2D eigenvalue weighted by Gasteiger charge is 2.32. The van der Waals surface area contributed by atoms with Crippen molar-refractivity contribution in [3.63, 3.8) is 0 Å². The summed E-state index contributed by atoms with van der Waals surface area (Å²) in [6.45, 7) is 14.8. The number of aromatic nitrogens is 1. The van der Waals surface area contributed by atoms with Crippen LogP contribution in [0.2, 0.25) is 0 Å². The topological polar surface area (TPSA) is 37.4 Å². The molecule has 1 aromatic heterocycles. The number of nitrogens with zero attached hydrogens (tertiary/aromatic N) is 2. The summed E-state index contributed by atoms with van der Waals surface area (Å²) >= 11 is 1.72. The van der Waals surface area contributed by atoms with Crippen LogP contribution >= 0.6 is 11.3 Å². The van der Waals surface area contributed by atoms with Gasteiger partial charge in [-0.25, -0.2) is 4.98 Å². The Morgan fingerprint density at radius 1 is 1.19 bits per heavy atom. The van der Waals surface area contributed by atoms with Crippen molar-refractivity contribution in [2.75, 3.05) is 19.6 Å². The summed E-state index contributed by atoms with van der Waals surface area (Å²) in [6.07, 6.45) is 0.599. The first-order valence-corrected chi connectivity index (χ1v) is 10.3. The standard InChI is InChI=1S/C21H31N3OS/c1-15-6-8-18(9-7-15)20-23-19(13-26-20)10-22-14-21(4,5)24-11-16(2)25-17(3)12-24/h6-9,13,16-17,22H,10-12,14H2,1-5H3. The first-order chi connectivity index (χ1) is 12.3. The molecule has 1 saturated heterocycles. The molecule has 0 aliphatic carbocycles. The largest absolute Gasteiger partial charge is 0.373 e. The van der Waals surface area contributed by atoms with Crippen LogP contribution in [0, 0.1) is 6.92 Å². The Morgan fingerprint density at radius 2 is 1.85 bits per heavy atom. The van der Waals surface area contributed by atoms with Gasteiger partial charge in [0.25, 0.3) is 0 Å². The van der Waals surface area contributed by atoms with Crippen LogP contribution in [0.1, 0.15) is 39.0 Å². The van der Waals surface area contributed by atoms with E-state index in [0.717, 1.165) is 36.9 Å². The third-order valence-corrected chi connectivity index (χ3v) is 5.93. The van der Waals surface area contributed by atoms with Crippen LogP contribution in [0.5, 0.6) is 0 Å². The lowest BCUT2D eigenvalue weighted by molar-refractivity contribution is -0.0952. The molecule has 0 amide bonds. The molecule has 3 rings (SSSR count). The Kier molecular flexibility index (Phi) is 6.13. The highest BCUT2D eigenvalue weighted by atomic mass is 32.1. The predicted molar refractivity (Wildman–Crippen MR) is 110 cm³/mol. The van der Waals surface area contributed by atoms with Crippen LogP contribution in [0.4, 0.5) is 0 Å². The molecule has 1 aromatic carbocycles. The van der Waals surface area contributed by atoms with E-state index in [1.54, 1.807) is 11.3 Å². The van der Waals surface area contributed by atoms with E-state index < -0.39 is 0 Å². The van der Waals surface area contributed by atoms with Crippen LogP contribution in [0.15, 0.2) is 29.6 Å². The molecule has 0 bridgehead atoms. The molecule has 2 aromatic rings. The number of nitrogens with one attached hydrogen (secondary N) is 1. The van der Waals surface area contributed by atoms with Gasteiger partial charge in [0.15, 0.2) is 0 Å². The van der Waals surface area contributed by atoms with E-state index in [1.165, 1.54) is 11.1 Å². The predicted octanol–water partition coefficient (Wildman–Crippen LogP) is 4.10. The number of ether oxygens (including phenoxy) is 1. The van der Waals surface area contributed by atoms with Gasteiger partial charge in [-0.15, -0.1) is 11.3 Å². The molecule has 26 heavy (non-hydrogen) atoms. The van der Waals surface area contributed by atoms with E-state index in [2.05, 4.69) is 74.5 Å². The summed E-state index contributed by atoms with van der Waals surface area (Å²) in [5.74, 6) is 0. The van der Waals surface area contributed by atoms with Crippen molar-refractivity contribution < 1.29 is 4.74 Å². The average molecular weight is 374 g/mol. The maximum Gasteiger partial charge on any atom is 0.123 e. The molecule has 1 fully saturated rings. The number of morpholine rings is 1. The second-order valence-corrected chi connectivity index (χ2v) is 8.95. The molecule has 2 heterocycles. The number of rotatable bonds is 6. The summed E-state index contributed by atoms with van der Waals surface area (Å²) < 4.78 is 5.87. The Morgan fingerprint density at radius 3 is 2.50 bits per heavy atom. The van der Waals surface area contributed by atoms with Gasteiger partial charge in [-0.05, 0) is 34.6 Å². The Labute approximate surface area is 161 Å². The fraction of sp³-hybridized carbons (Fsp3) is 0.571. The Hall–Kier alpha value is -1.27. The third kappa shape index (κ3) is 4.92. The number of hydrogen-bond acceptors (Lipinski definition) is 5. The number of aryl methyl sites for hydroxylation is 1. The van der Waals surface area contributed by atoms with Crippen molar-refractivity contribution in [2.45, 2.75) is 58.9 Å². The number of benzene rings is 1. The van der Waals surface area contributed by atoms with Crippen molar-refractivity contribution in [2.24, 2.45) is 0 Å². The van der Waals surface area contributed by atoms with Crippen LogP contribution in [-0.4, -0.2) is 47.3 Å². The fourth-order valence-corrected chi connectivity index (χ4v) is 4.32. The van der Waals surface area contributed by atoms with E-state index in [1.807, 2.05) is 0 Å². The second kappa shape index (κ2) is 8.17. The minimum Gasteiger partial charge on any atom is -0.373 e. The van der Waals surface area contributed by atoms with Crippen LogP contribution in [0.25, 0.3) is 10.6 Å². The van der Waals surface area contributed by atoms with Crippen molar-refractivity contribution in [1.29, 1.82) is 0 Å². The molecule has 142 valence electrons. The minimum absolute atomic E-state index is 0.0993. The van der Waals surface area contributed by atoms with Crippen LogP contribution in [-0.2, 0) is 11.3 Å². The van der Waals surface area contributed by atoms with Gasteiger partial charge in [-0.1, -0.05) is 29.8 Å². The second-order valence-electron chi connectivity index (χ2n) is 8.09. The van der Waals surface area contributed by atoms with Gasteiger partial charge in [-0.2, -0.15) is 0 Å². The molecule has 0 radical (unpaired) electrons. The molecule has 5 heteroatoms. The van der Waals surface area contributed by atoms with E-state index in [9.17, 15) is 0 Å². The van der Waals surface area contributed by atoms with E-state index >= 15 is 0 Å². The molecule has 0 spiro atoms. The summed E-state index contributed by atoms with van der Waals surface area (Å²) in [5.41, 5.74) is 3.69. The van der Waals surface area contributed by atoms with Gasteiger partial charge in [0.05, 0.1) is 17.9 Å². The molecular formula is C21H31N3OS. The maximum atomic E-state index is 5.87. The van der Waals surface area contributed by atoms with Crippen LogP contribution in [0.3, 0.4) is 0 Å². The van der Waals surface area contributed by atoms with Gasteiger partial charge >= 0.3 is 0 Å². The van der Waals surface area contributed by atoms with Crippen molar-refractivity contribution in [1.82, 2.24) is 15.2 Å². The Bertz CT molecular complexity index is 700. The lowest BCUT2D eigenvalue weighted by atomic mass is 10.00. The summed E-state index contributed by atoms with van der Waals surface area (Å²) in [6, 6.07) is 8.58. The summed E-state index contributed by atoms with van der Waals surface area (Å²) in [7, 11) is 0. The van der Waals surface area contributed by atoms with Gasteiger partial charge in [-0.3, -0.25) is 4.90 Å². The quantitative estimate of drug-likeness (QED) is 0.827. The van der Waals surface area contributed by atoms with Crippen LogP contribution < -0.4 is 5.32 Å². The molecule has 1 N–H and O–H groups in total. The highest BCUT2D eigenvalue weighted by molar-refractivity contribution is 7.13. The first-order valence-electron chi connectivity index (χ1n) is 9.46. The van der Waals surface area contributed by atoms with Crippen molar-refractivity contribution >= 4 is 11.3 Å². The fourth-order valence-electron chi connectivity index (χ4n) is 3.50. The normalized spacial score (nSPS) is 21.9. The minimum atomic E-state index is 0.0993. The van der Waals surface area contributed by atoms with Gasteiger partial charge < -0.3 is 10.1 Å². The van der Waals surface area contributed by atoms with Gasteiger partial charge in [0.2, 0.25) is 0 Å². The van der Waals surface area contributed by atoms with Crippen molar-refractivity contribution in [3.05, 3.63) is 40.9 Å². The molecule has 0 saturated carbocycles. The Balaban J connectivity index is 1.53. The molecule has 4 nitrogen and oxygen atoms in total. The average Bonchev–Trinajstić information content (AvgIpc) is 3.03. The van der Waals surface area contributed by atoms with Crippen molar-refractivity contribution in [3.8, 4) is 10.6 Å². The monoisotopic (exact) mass is 373 g/mol. The van der Waals surface area contributed by atoms with E-state index in [0.29, 0.717) is 12.2 Å². The lowest BCUT2D eigenvalue weighted by Crippen LogP contribution is -2.58. The van der Waals surface area contributed by atoms with E-state index in [4.69, 9.17) is 9.72 Å². The first kappa shape index (κ1) is 19.5. The number of hydrogen-bond donors (Lipinski definition) is 1. The molecule has 1 aliphatic rings. The highest BCUT2D eigenvalue weighted by Crippen LogP contribution is 2.24. The van der Waals surface area contributed by atoms with Gasteiger partial charge in [0, 0.05) is 42.7 Å². The third-order valence-electron chi connectivity index (χ3n) is 4.99. The molecular weight excluding hydrogens is 342 g/mol.